The van der Waals surface area contributed by atoms with Crippen molar-refractivity contribution in [2.24, 2.45) is 5.92 Å². The summed E-state index contributed by atoms with van der Waals surface area (Å²) in [6.45, 7) is 5.23. The molecule has 3 N–H and O–H groups in total. The molecule has 2 amide bonds. The lowest BCUT2D eigenvalue weighted by Crippen LogP contribution is -2.68. The van der Waals surface area contributed by atoms with Crippen molar-refractivity contribution in [3.05, 3.63) is 58.6 Å². The van der Waals surface area contributed by atoms with E-state index in [0.29, 0.717) is 39.7 Å². The fraction of sp³-hybridized carbons (Fsp3) is 0.414. The van der Waals surface area contributed by atoms with Gasteiger partial charge in [0.05, 0.1) is 16.8 Å². The van der Waals surface area contributed by atoms with Crippen molar-refractivity contribution in [2.45, 2.75) is 45.1 Å². The summed E-state index contributed by atoms with van der Waals surface area (Å²) in [6.07, 6.45) is 8.66. The second kappa shape index (κ2) is 10.1. The monoisotopic (exact) mass is 518 g/mol. The second-order valence-electron chi connectivity index (χ2n) is 10.5. The van der Waals surface area contributed by atoms with Gasteiger partial charge >= 0.3 is 0 Å². The zero-order chi connectivity index (χ0) is 27.0. The van der Waals surface area contributed by atoms with Crippen LogP contribution in [0.5, 0.6) is 5.75 Å². The fourth-order valence-corrected chi connectivity index (χ4v) is 5.51. The first-order valence-electron chi connectivity index (χ1n) is 12.9. The number of likely N-dealkylation sites (tertiary alicyclic amines) is 1. The van der Waals surface area contributed by atoms with Crippen molar-refractivity contribution in [3.63, 3.8) is 0 Å². The molecule has 1 aliphatic heterocycles. The highest BCUT2D eigenvalue weighted by Gasteiger charge is 2.57. The molecule has 0 unspecified atom stereocenters. The Hall–Kier alpha value is -3.85. The largest absolute Gasteiger partial charge is 0.460 e. The summed E-state index contributed by atoms with van der Waals surface area (Å²) < 4.78 is 16.3. The van der Waals surface area contributed by atoms with Crippen molar-refractivity contribution in [2.75, 3.05) is 27.3 Å². The number of aryl methyl sites for hydroxylation is 1. The number of H-pyrrole nitrogens is 1. The Morgan fingerprint density at radius 3 is 2.50 bits per heavy atom. The molecule has 1 saturated heterocycles. The number of amides is 2. The molecule has 0 spiro atoms. The number of hydrogen-bond donors (Lipinski definition) is 3. The Morgan fingerprint density at radius 1 is 1.21 bits per heavy atom. The first kappa shape index (κ1) is 25.8. The van der Waals surface area contributed by atoms with Gasteiger partial charge in [-0.3, -0.25) is 9.59 Å². The molecular weight excluding hydrogens is 484 g/mol. The Kier molecular flexibility index (Phi) is 6.88. The molecule has 7 rings (SSSR count). The van der Waals surface area contributed by atoms with Crippen LogP contribution in [0.15, 0.2) is 34.9 Å². The molecule has 9 heteroatoms. The molecule has 3 aromatic rings. The molecule has 3 aliphatic carbocycles. The molecular formula is C29H34N4O5. The molecule has 0 radical (unpaired) electrons. The van der Waals surface area contributed by atoms with E-state index in [9.17, 15) is 9.59 Å². The van der Waals surface area contributed by atoms with Gasteiger partial charge in [-0.2, -0.15) is 0 Å². The molecule has 0 atom stereocenters. The number of carbonyl (C=O) groups is 2. The predicted octanol–water partition coefficient (Wildman–Crippen LogP) is 4.84. The normalized spacial score (nSPS) is 21.4. The van der Waals surface area contributed by atoms with Crippen LogP contribution >= 0.6 is 0 Å². The zero-order valence-electron chi connectivity index (χ0n) is 22.3. The van der Waals surface area contributed by atoms with Crippen LogP contribution in [0.1, 0.15) is 63.4 Å². The van der Waals surface area contributed by atoms with Gasteiger partial charge in [-0.1, -0.05) is 0 Å². The van der Waals surface area contributed by atoms with E-state index in [-0.39, 0.29) is 17.4 Å². The number of nitrogens with one attached hydrogen (secondary N) is 3. The number of hydrogen-bond acceptors (Lipinski definition) is 6. The minimum absolute atomic E-state index is 0.00241. The van der Waals surface area contributed by atoms with Gasteiger partial charge in [0.1, 0.15) is 17.1 Å². The van der Waals surface area contributed by atoms with Gasteiger partial charge in [-0.25, -0.2) is 0 Å². The Bertz CT molecular complexity index is 1410. The maximum Gasteiger partial charge on any atom is 0.255 e. The number of carbonyl (C=O) groups excluding carboxylic acids is 2. The number of rotatable bonds is 7. The highest BCUT2D eigenvalue weighted by Crippen LogP contribution is 2.57. The predicted molar refractivity (Wildman–Crippen MR) is 145 cm³/mol. The highest BCUT2D eigenvalue weighted by molar-refractivity contribution is 6.08. The van der Waals surface area contributed by atoms with Gasteiger partial charge in [0.15, 0.2) is 5.76 Å². The number of allylic oxidation sites excluding steroid dienone is 1. The van der Waals surface area contributed by atoms with Crippen LogP contribution in [0.25, 0.3) is 16.7 Å². The highest BCUT2D eigenvalue weighted by atomic mass is 16.5. The minimum Gasteiger partial charge on any atom is -0.460 e. The third kappa shape index (κ3) is 4.51. The summed E-state index contributed by atoms with van der Waals surface area (Å²) in [5.74, 6) is 2.21. The minimum atomic E-state index is -0.0844. The van der Waals surface area contributed by atoms with Gasteiger partial charge in [0.2, 0.25) is 0 Å². The van der Waals surface area contributed by atoms with Crippen molar-refractivity contribution in [3.8, 4) is 5.75 Å². The molecule has 38 heavy (non-hydrogen) atoms. The summed E-state index contributed by atoms with van der Waals surface area (Å²) in [4.78, 5) is 30.7. The number of ether oxygens (including phenoxy) is 2. The van der Waals surface area contributed by atoms with Gasteiger partial charge < -0.3 is 34.5 Å². The lowest BCUT2D eigenvalue weighted by molar-refractivity contribution is -0.0438. The summed E-state index contributed by atoms with van der Waals surface area (Å²) in [7, 11) is 3.25. The fourth-order valence-electron chi connectivity index (χ4n) is 5.51. The van der Waals surface area contributed by atoms with E-state index in [0.717, 1.165) is 61.9 Å². The van der Waals surface area contributed by atoms with Crippen LogP contribution in [0.4, 0.5) is 0 Å². The molecule has 1 aromatic carbocycles. The van der Waals surface area contributed by atoms with E-state index >= 15 is 0 Å². The van der Waals surface area contributed by atoms with Gasteiger partial charge in [-0.05, 0) is 63.1 Å². The van der Waals surface area contributed by atoms with Crippen LogP contribution < -0.4 is 10.1 Å². The third-order valence-corrected chi connectivity index (χ3v) is 7.70. The van der Waals surface area contributed by atoms with Crippen LogP contribution in [0.2, 0.25) is 0 Å². The second-order valence-corrected chi connectivity index (χ2v) is 10.5. The number of furan rings is 1. The standard InChI is InChI=1S/C27H28N4O4.C2H6O/c1-15-20(26(33)31-8-3-9-31)14-29-24(15)21(6-7-28)35-18-4-5-19-22(10-18)34-16(2)23(19)25(32)30-27-11-17(12-27)13-27;1-3-2/h4-7,10,14,17,28-29H,3,8-9,11-13H2,1-2H3,(H,30,32);1-2H3/b21-6+,28-7?;. The van der Waals surface area contributed by atoms with E-state index < -0.39 is 0 Å². The lowest BCUT2D eigenvalue weighted by atomic mass is 9.50. The summed E-state index contributed by atoms with van der Waals surface area (Å²) in [6, 6.07) is 5.38. The molecule has 3 saturated carbocycles. The molecule has 2 aromatic heterocycles. The van der Waals surface area contributed by atoms with Crippen LogP contribution in [-0.4, -0.2) is 60.8 Å². The molecule has 3 heterocycles. The SMILES string of the molecule is COC.Cc1oc2cc(O/C(=C/C=N)c3[nH]cc(C(=O)N4CCC4)c3C)ccc2c1C(=O)NC12CC(C1)C2. The van der Waals surface area contributed by atoms with Crippen molar-refractivity contribution < 1.29 is 23.5 Å². The van der Waals surface area contributed by atoms with E-state index in [2.05, 4.69) is 15.0 Å². The van der Waals surface area contributed by atoms with Gasteiger partial charge in [-0.15, -0.1) is 0 Å². The van der Waals surface area contributed by atoms with E-state index in [1.165, 1.54) is 6.08 Å². The number of aromatic amines is 1. The van der Waals surface area contributed by atoms with Crippen molar-refractivity contribution in [1.29, 1.82) is 5.41 Å². The number of nitrogens with zero attached hydrogens (tertiary/aromatic N) is 1. The maximum absolute atomic E-state index is 13.0. The molecule has 200 valence electrons. The molecule has 2 bridgehead atoms. The summed E-state index contributed by atoms with van der Waals surface area (Å²) in [5.41, 5.74) is 3.16. The van der Waals surface area contributed by atoms with Gasteiger partial charge in [0.25, 0.3) is 11.8 Å². The Balaban J connectivity index is 0.000000937. The average Bonchev–Trinajstić information content (AvgIpc) is 3.33. The lowest BCUT2D eigenvalue weighted by Gasteiger charge is -2.61. The molecule has 4 fully saturated rings. The average molecular weight is 519 g/mol. The van der Waals surface area contributed by atoms with E-state index in [1.807, 2.05) is 17.9 Å². The first-order valence-corrected chi connectivity index (χ1v) is 12.9. The third-order valence-electron chi connectivity index (χ3n) is 7.70. The zero-order valence-corrected chi connectivity index (χ0v) is 22.3. The summed E-state index contributed by atoms with van der Waals surface area (Å²) in [5, 5.41) is 11.5. The molecule has 4 aliphatic rings. The van der Waals surface area contributed by atoms with Crippen LogP contribution in [0.3, 0.4) is 0 Å². The Labute approximate surface area is 221 Å². The van der Waals surface area contributed by atoms with Crippen LogP contribution in [-0.2, 0) is 4.74 Å². The topological polar surface area (TPSA) is 121 Å². The Morgan fingerprint density at radius 2 is 1.92 bits per heavy atom. The van der Waals surface area contributed by atoms with E-state index in [1.54, 1.807) is 39.5 Å². The van der Waals surface area contributed by atoms with Crippen molar-refractivity contribution in [1.82, 2.24) is 15.2 Å². The number of methoxy groups -OCH3 is 1. The first-order chi connectivity index (χ1) is 18.3. The van der Waals surface area contributed by atoms with E-state index in [4.69, 9.17) is 14.6 Å². The smallest absolute Gasteiger partial charge is 0.255 e. The van der Waals surface area contributed by atoms with Crippen LogP contribution in [0, 0.1) is 25.2 Å². The summed E-state index contributed by atoms with van der Waals surface area (Å²) >= 11 is 0. The van der Waals surface area contributed by atoms with Gasteiger partial charge in [0, 0.05) is 62.8 Å². The quantitative estimate of drug-likeness (QED) is 0.305. The number of benzene rings is 1. The molecule has 9 nitrogen and oxygen atoms in total. The number of aromatic nitrogens is 1. The maximum atomic E-state index is 13.0. The van der Waals surface area contributed by atoms with Crippen molar-refractivity contribution >= 4 is 34.8 Å². The number of fused-ring (bicyclic) bond motifs is 1.